The SMILES string of the molecule is COc1cc(S(=O)(=O)N2CCC=C(F)C2)ccc1C(=O)O. The number of sulfonamides is 1. The molecule has 0 fully saturated rings. The van der Waals surface area contributed by atoms with E-state index in [4.69, 9.17) is 9.84 Å². The molecule has 0 aromatic heterocycles. The summed E-state index contributed by atoms with van der Waals surface area (Å²) in [6, 6.07) is 3.47. The van der Waals surface area contributed by atoms with E-state index in [9.17, 15) is 17.6 Å². The fourth-order valence-electron chi connectivity index (χ4n) is 2.04. The minimum absolute atomic E-state index is 0.0587. The molecule has 0 atom stereocenters. The Morgan fingerprint density at radius 2 is 2.14 bits per heavy atom. The molecule has 1 aliphatic heterocycles. The molecule has 0 aliphatic carbocycles. The largest absolute Gasteiger partial charge is 0.496 e. The summed E-state index contributed by atoms with van der Waals surface area (Å²) in [7, 11) is -2.64. The number of carboxylic acid groups (broad SMARTS) is 1. The van der Waals surface area contributed by atoms with Crippen molar-refractivity contribution in [2.75, 3.05) is 20.2 Å². The molecular formula is C13H14FNO5S. The first-order chi connectivity index (χ1) is 9.86. The number of carbonyl (C=O) groups is 1. The monoisotopic (exact) mass is 315 g/mol. The first-order valence-electron chi connectivity index (χ1n) is 6.12. The lowest BCUT2D eigenvalue weighted by Gasteiger charge is -2.24. The number of rotatable bonds is 4. The molecule has 1 N–H and O–H groups in total. The van der Waals surface area contributed by atoms with Crippen molar-refractivity contribution in [3.05, 3.63) is 35.7 Å². The van der Waals surface area contributed by atoms with Gasteiger partial charge in [0.05, 0.1) is 18.6 Å². The van der Waals surface area contributed by atoms with Crippen molar-refractivity contribution < 1.29 is 27.4 Å². The van der Waals surface area contributed by atoms with Crippen LogP contribution in [0.5, 0.6) is 5.75 Å². The molecule has 2 rings (SSSR count). The zero-order valence-corrected chi connectivity index (χ0v) is 12.1. The van der Waals surface area contributed by atoms with Gasteiger partial charge in [0, 0.05) is 12.6 Å². The van der Waals surface area contributed by atoms with Crippen LogP contribution in [0.1, 0.15) is 16.8 Å². The average molecular weight is 315 g/mol. The van der Waals surface area contributed by atoms with Crippen LogP contribution < -0.4 is 4.74 Å². The summed E-state index contributed by atoms with van der Waals surface area (Å²) in [6.07, 6.45) is 1.65. The number of hydrogen-bond acceptors (Lipinski definition) is 4. The van der Waals surface area contributed by atoms with E-state index in [-0.39, 0.29) is 29.3 Å². The Bertz CT molecular complexity index is 699. The molecule has 114 valence electrons. The normalized spacial score (nSPS) is 16.4. The number of hydrogen-bond donors (Lipinski definition) is 1. The first kappa shape index (κ1) is 15.5. The molecular weight excluding hydrogens is 301 g/mol. The molecule has 1 aliphatic rings. The summed E-state index contributed by atoms with van der Waals surface area (Å²) >= 11 is 0. The van der Waals surface area contributed by atoms with Gasteiger partial charge in [0.15, 0.2) is 0 Å². The van der Waals surface area contributed by atoms with Crippen LogP contribution in [0.3, 0.4) is 0 Å². The van der Waals surface area contributed by atoms with Crippen molar-refractivity contribution in [3.8, 4) is 5.75 Å². The third kappa shape index (κ3) is 3.06. The zero-order chi connectivity index (χ0) is 15.6. The maximum atomic E-state index is 13.2. The Morgan fingerprint density at radius 1 is 1.43 bits per heavy atom. The van der Waals surface area contributed by atoms with Crippen LogP contribution >= 0.6 is 0 Å². The molecule has 21 heavy (non-hydrogen) atoms. The zero-order valence-electron chi connectivity index (χ0n) is 11.2. The molecule has 6 nitrogen and oxygen atoms in total. The lowest BCUT2D eigenvalue weighted by molar-refractivity contribution is 0.0693. The number of methoxy groups -OCH3 is 1. The topological polar surface area (TPSA) is 83.9 Å². The van der Waals surface area contributed by atoms with Crippen molar-refractivity contribution in [2.45, 2.75) is 11.3 Å². The molecule has 0 amide bonds. The van der Waals surface area contributed by atoms with Gasteiger partial charge >= 0.3 is 5.97 Å². The summed E-state index contributed by atoms with van der Waals surface area (Å²) < 4.78 is 44.0. The third-order valence-electron chi connectivity index (χ3n) is 3.11. The van der Waals surface area contributed by atoms with Gasteiger partial charge < -0.3 is 9.84 Å². The van der Waals surface area contributed by atoms with Crippen LogP contribution in [-0.2, 0) is 10.0 Å². The van der Waals surface area contributed by atoms with Crippen LogP contribution in [-0.4, -0.2) is 44.0 Å². The Balaban J connectivity index is 2.41. The smallest absolute Gasteiger partial charge is 0.339 e. The number of halogens is 1. The summed E-state index contributed by atoms with van der Waals surface area (Å²) in [6.45, 7) is -0.135. The van der Waals surface area contributed by atoms with Crippen LogP contribution in [0.15, 0.2) is 35.0 Å². The van der Waals surface area contributed by atoms with E-state index in [2.05, 4.69) is 0 Å². The summed E-state index contributed by atoms with van der Waals surface area (Å²) in [5.74, 6) is -1.78. The Hall–Kier alpha value is -1.93. The lowest BCUT2D eigenvalue weighted by atomic mass is 10.2. The lowest BCUT2D eigenvalue weighted by Crippen LogP contribution is -2.35. The van der Waals surface area contributed by atoms with Crippen molar-refractivity contribution in [1.29, 1.82) is 0 Å². The highest BCUT2D eigenvalue weighted by Gasteiger charge is 2.28. The molecule has 0 spiro atoms. The summed E-state index contributed by atoms with van der Waals surface area (Å²) in [5.41, 5.74) is -0.138. The van der Waals surface area contributed by atoms with Gasteiger partial charge in [-0.15, -0.1) is 0 Å². The third-order valence-corrected chi connectivity index (χ3v) is 4.95. The van der Waals surface area contributed by atoms with Crippen molar-refractivity contribution in [3.63, 3.8) is 0 Å². The second-order valence-corrected chi connectivity index (χ2v) is 6.38. The number of aromatic carboxylic acids is 1. The van der Waals surface area contributed by atoms with E-state index in [0.717, 1.165) is 16.4 Å². The number of benzene rings is 1. The second kappa shape index (κ2) is 5.82. The first-order valence-corrected chi connectivity index (χ1v) is 7.56. The van der Waals surface area contributed by atoms with Crippen LogP contribution in [0.2, 0.25) is 0 Å². The van der Waals surface area contributed by atoms with Gasteiger partial charge in [-0.1, -0.05) is 6.08 Å². The highest BCUT2D eigenvalue weighted by atomic mass is 32.2. The van der Waals surface area contributed by atoms with Gasteiger partial charge in [0.25, 0.3) is 0 Å². The van der Waals surface area contributed by atoms with Crippen molar-refractivity contribution in [2.24, 2.45) is 0 Å². The van der Waals surface area contributed by atoms with E-state index in [1.807, 2.05) is 0 Å². The van der Waals surface area contributed by atoms with Gasteiger partial charge in [0.1, 0.15) is 17.1 Å². The summed E-state index contributed by atoms with van der Waals surface area (Å²) in [5, 5.41) is 8.98. The second-order valence-electron chi connectivity index (χ2n) is 4.45. The van der Waals surface area contributed by atoms with E-state index in [1.54, 1.807) is 0 Å². The molecule has 8 heteroatoms. The number of nitrogens with zero attached hydrogens (tertiary/aromatic N) is 1. The molecule has 1 heterocycles. The fourth-order valence-corrected chi connectivity index (χ4v) is 3.47. The van der Waals surface area contributed by atoms with E-state index in [0.29, 0.717) is 6.42 Å². The van der Waals surface area contributed by atoms with Crippen LogP contribution in [0.4, 0.5) is 4.39 Å². The highest BCUT2D eigenvalue weighted by Crippen LogP contribution is 2.26. The van der Waals surface area contributed by atoms with Gasteiger partial charge in [-0.3, -0.25) is 0 Å². The Morgan fingerprint density at radius 3 is 2.71 bits per heavy atom. The molecule has 0 radical (unpaired) electrons. The minimum atomic E-state index is -3.89. The maximum Gasteiger partial charge on any atom is 0.339 e. The van der Waals surface area contributed by atoms with E-state index in [1.165, 1.54) is 19.3 Å². The predicted octanol–water partition coefficient (Wildman–Crippen LogP) is 1.64. The van der Waals surface area contributed by atoms with Crippen LogP contribution in [0, 0.1) is 0 Å². The van der Waals surface area contributed by atoms with Gasteiger partial charge in [-0.25, -0.2) is 17.6 Å². The quantitative estimate of drug-likeness (QED) is 0.913. The van der Waals surface area contributed by atoms with Crippen molar-refractivity contribution in [1.82, 2.24) is 4.31 Å². The number of carboxylic acids is 1. The number of ether oxygens (including phenoxy) is 1. The Labute approximate surface area is 121 Å². The highest BCUT2D eigenvalue weighted by molar-refractivity contribution is 7.89. The van der Waals surface area contributed by atoms with Gasteiger partial charge in [-0.05, 0) is 18.6 Å². The molecule has 1 aromatic carbocycles. The minimum Gasteiger partial charge on any atom is -0.496 e. The van der Waals surface area contributed by atoms with Crippen LogP contribution in [0.25, 0.3) is 0 Å². The maximum absolute atomic E-state index is 13.2. The van der Waals surface area contributed by atoms with E-state index >= 15 is 0 Å². The predicted molar refractivity (Wildman–Crippen MR) is 72.5 cm³/mol. The van der Waals surface area contributed by atoms with E-state index < -0.39 is 21.8 Å². The fraction of sp³-hybridized carbons (Fsp3) is 0.308. The van der Waals surface area contributed by atoms with Crippen molar-refractivity contribution >= 4 is 16.0 Å². The molecule has 0 saturated carbocycles. The standard InChI is InChI=1S/C13H14FNO5S/c1-20-12-7-10(4-5-11(12)13(16)17)21(18,19)15-6-2-3-9(14)8-15/h3-5,7H,2,6,8H2,1H3,(H,16,17). The molecule has 1 aromatic rings. The average Bonchev–Trinajstić information content (AvgIpc) is 2.46. The van der Waals surface area contributed by atoms with Gasteiger partial charge in [-0.2, -0.15) is 4.31 Å². The molecule has 0 unspecified atom stereocenters. The molecule has 0 saturated heterocycles. The van der Waals surface area contributed by atoms with Gasteiger partial charge in [0.2, 0.25) is 10.0 Å². The Kier molecular flexibility index (Phi) is 4.29. The summed E-state index contributed by atoms with van der Waals surface area (Å²) in [4.78, 5) is 10.9. The molecule has 0 bridgehead atoms.